The van der Waals surface area contributed by atoms with Crippen LogP contribution >= 0.6 is 11.3 Å². The second kappa shape index (κ2) is 6.73. The molecule has 0 saturated carbocycles. The van der Waals surface area contributed by atoms with Crippen LogP contribution in [0.25, 0.3) is 0 Å². The monoisotopic (exact) mass is 315 g/mol. The highest BCUT2D eigenvalue weighted by Gasteiger charge is 2.35. The Morgan fingerprint density at radius 2 is 1.91 bits per heavy atom. The second-order valence-electron chi connectivity index (χ2n) is 5.92. The quantitative estimate of drug-likeness (QED) is 0.862. The maximum absolute atomic E-state index is 11.0. The van der Waals surface area contributed by atoms with Crippen molar-refractivity contribution in [3.05, 3.63) is 57.8 Å². The van der Waals surface area contributed by atoms with Crippen LogP contribution in [0.3, 0.4) is 0 Å². The zero-order valence-corrected chi connectivity index (χ0v) is 13.4. The highest BCUT2D eigenvalue weighted by Crippen LogP contribution is 2.37. The van der Waals surface area contributed by atoms with E-state index in [-0.39, 0.29) is 0 Å². The Hall–Kier alpha value is -1.49. The van der Waals surface area contributed by atoms with E-state index in [1.54, 1.807) is 11.3 Å². The van der Waals surface area contributed by atoms with E-state index in [0.717, 1.165) is 49.2 Å². The van der Waals surface area contributed by atoms with Crippen molar-refractivity contribution in [3.63, 3.8) is 0 Å². The molecule has 2 heterocycles. The Balaban J connectivity index is 1.65. The fraction of sp³-hybridized carbons (Fsp3) is 0.389. The van der Waals surface area contributed by atoms with Crippen molar-refractivity contribution in [2.24, 2.45) is 0 Å². The van der Waals surface area contributed by atoms with E-state index < -0.39 is 5.60 Å². The SMILES string of the molecule is O=CCc1sccc1C1(O)CCN(Cc2ccccc2)CC1. The Morgan fingerprint density at radius 3 is 2.59 bits per heavy atom. The lowest BCUT2D eigenvalue weighted by molar-refractivity contribution is -0.107. The number of carbonyl (C=O) groups excluding carboxylic acids is 1. The fourth-order valence-electron chi connectivity index (χ4n) is 3.18. The van der Waals surface area contributed by atoms with Crippen molar-refractivity contribution in [3.8, 4) is 0 Å². The molecule has 4 heteroatoms. The maximum atomic E-state index is 11.0. The van der Waals surface area contributed by atoms with E-state index in [9.17, 15) is 9.90 Å². The number of hydrogen-bond acceptors (Lipinski definition) is 4. The van der Waals surface area contributed by atoms with Gasteiger partial charge in [-0.3, -0.25) is 4.90 Å². The molecular formula is C18H21NO2S. The van der Waals surface area contributed by atoms with Crippen LogP contribution in [0.5, 0.6) is 0 Å². The van der Waals surface area contributed by atoms with Crippen LogP contribution in [0.4, 0.5) is 0 Å². The zero-order valence-electron chi connectivity index (χ0n) is 12.6. The molecule has 3 rings (SSSR count). The van der Waals surface area contributed by atoms with Gasteiger partial charge in [-0.05, 0) is 35.4 Å². The van der Waals surface area contributed by atoms with Crippen LogP contribution in [0.2, 0.25) is 0 Å². The Bertz CT molecular complexity index is 615. The molecule has 1 aliphatic heterocycles. The number of nitrogens with zero attached hydrogens (tertiary/aromatic N) is 1. The summed E-state index contributed by atoms with van der Waals surface area (Å²) in [5.74, 6) is 0. The molecular weight excluding hydrogens is 294 g/mol. The number of aldehydes is 1. The number of thiophene rings is 1. The molecule has 0 unspecified atom stereocenters. The van der Waals surface area contributed by atoms with Gasteiger partial charge in [-0.1, -0.05) is 30.3 Å². The van der Waals surface area contributed by atoms with Crippen molar-refractivity contribution in [2.45, 2.75) is 31.4 Å². The van der Waals surface area contributed by atoms with Crippen molar-refractivity contribution in [1.82, 2.24) is 4.90 Å². The van der Waals surface area contributed by atoms with Crippen LogP contribution in [0, 0.1) is 0 Å². The third kappa shape index (κ3) is 3.29. The summed E-state index contributed by atoms with van der Waals surface area (Å²) in [6.07, 6.45) is 2.77. The molecule has 1 fully saturated rings. The van der Waals surface area contributed by atoms with Gasteiger partial charge in [0.15, 0.2) is 0 Å². The Kier molecular flexibility index (Phi) is 4.71. The minimum atomic E-state index is -0.772. The van der Waals surface area contributed by atoms with Crippen molar-refractivity contribution < 1.29 is 9.90 Å². The number of benzene rings is 1. The summed E-state index contributed by atoms with van der Waals surface area (Å²) in [4.78, 5) is 14.2. The topological polar surface area (TPSA) is 40.5 Å². The maximum Gasteiger partial charge on any atom is 0.125 e. The van der Waals surface area contributed by atoms with Crippen LogP contribution in [-0.4, -0.2) is 29.4 Å². The first-order chi connectivity index (χ1) is 10.7. The van der Waals surface area contributed by atoms with Gasteiger partial charge in [0.25, 0.3) is 0 Å². The highest BCUT2D eigenvalue weighted by atomic mass is 32.1. The summed E-state index contributed by atoms with van der Waals surface area (Å²) in [7, 11) is 0. The minimum absolute atomic E-state index is 0.406. The van der Waals surface area contributed by atoms with Gasteiger partial charge in [0.05, 0.1) is 5.60 Å². The van der Waals surface area contributed by atoms with Gasteiger partial charge in [0.2, 0.25) is 0 Å². The first-order valence-corrected chi connectivity index (χ1v) is 8.58. The lowest BCUT2D eigenvalue weighted by Crippen LogP contribution is -2.42. The average molecular weight is 315 g/mol. The van der Waals surface area contributed by atoms with Crippen molar-refractivity contribution in [1.29, 1.82) is 0 Å². The highest BCUT2D eigenvalue weighted by molar-refractivity contribution is 7.10. The largest absolute Gasteiger partial charge is 0.385 e. The van der Waals surface area contributed by atoms with E-state index >= 15 is 0 Å². The lowest BCUT2D eigenvalue weighted by Gasteiger charge is -2.38. The van der Waals surface area contributed by atoms with Crippen LogP contribution in [0.1, 0.15) is 28.8 Å². The van der Waals surface area contributed by atoms with E-state index in [1.807, 2.05) is 17.5 Å². The second-order valence-corrected chi connectivity index (χ2v) is 6.92. The van der Waals surface area contributed by atoms with Crippen molar-refractivity contribution >= 4 is 17.6 Å². The van der Waals surface area contributed by atoms with E-state index in [1.165, 1.54) is 5.56 Å². The molecule has 1 aromatic heterocycles. The molecule has 1 N–H and O–H groups in total. The van der Waals surface area contributed by atoms with Crippen LogP contribution in [-0.2, 0) is 23.4 Å². The summed E-state index contributed by atoms with van der Waals surface area (Å²) in [5.41, 5.74) is 1.50. The van der Waals surface area contributed by atoms with Gasteiger partial charge in [-0.25, -0.2) is 0 Å². The molecule has 0 amide bonds. The molecule has 0 atom stereocenters. The van der Waals surface area contributed by atoms with E-state index in [4.69, 9.17) is 0 Å². The zero-order chi connectivity index (χ0) is 15.4. The summed E-state index contributed by atoms with van der Waals surface area (Å²) < 4.78 is 0. The molecule has 2 aromatic rings. The number of hydrogen-bond donors (Lipinski definition) is 1. The summed E-state index contributed by atoms with van der Waals surface area (Å²) in [6.45, 7) is 2.69. The number of piperidine rings is 1. The molecule has 0 bridgehead atoms. The Morgan fingerprint density at radius 1 is 1.18 bits per heavy atom. The summed E-state index contributed by atoms with van der Waals surface area (Å²) in [6, 6.07) is 12.4. The minimum Gasteiger partial charge on any atom is -0.385 e. The molecule has 0 radical (unpaired) electrons. The van der Waals surface area contributed by atoms with Gasteiger partial charge in [-0.2, -0.15) is 0 Å². The first-order valence-electron chi connectivity index (χ1n) is 7.70. The van der Waals surface area contributed by atoms with Gasteiger partial charge >= 0.3 is 0 Å². The normalized spacial score (nSPS) is 18.2. The molecule has 116 valence electrons. The molecule has 1 aromatic carbocycles. The number of carbonyl (C=O) groups is 1. The van der Waals surface area contributed by atoms with Crippen LogP contribution < -0.4 is 0 Å². The third-order valence-electron chi connectivity index (χ3n) is 4.45. The number of aliphatic hydroxyl groups is 1. The van der Waals surface area contributed by atoms with Gasteiger partial charge in [0, 0.05) is 30.9 Å². The number of rotatable bonds is 5. The molecule has 0 spiro atoms. The predicted molar refractivity (Wildman–Crippen MR) is 88.9 cm³/mol. The molecule has 3 nitrogen and oxygen atoms in total. The molecule has 22 heavy (non-hydrogen) atoms. The lowest BCUT2D eigenvalue weighted by atomic mass is 9.84. The standard InChI is InChI=1S/C18H21NO2S/c20-12-6-17-16(7-13-22-17)18(21)8-10-19(11-9-18)14-15-4-2-1-3-5-15/h1-5,7,12-13,21H,6,8-11,14H2. The third-order valence-corrected chi connectivity index (χ3v) is 5.39. The Labute approximate surface area is 135 Å². The molecule has 1 aliphatic rings. The molecule has 0 aliphatic carbocycles. The van der Waals surface area contributed by atoms with Gasteiger partial charge in [-0.15, -0.1) is 11.3 Å². The number of likely N-dealkylation sites (tertiary alicyclic amines) is 1. The smallest absolute Gasteiger partial charge is 0.125 e. The van der Waals surface area contributed by atoms with E-state index in [0.29, 0.717) is 6.42 Å². The average Bonchev–Trinajstić information content (AvgIpc) is 3.00. The van der Waals surface area contributed by atoms with Gasteiger partial charge in [0.1, 0.15) is 6.29 Å². The fourth-order valence-corrected chi connectivity index (χ4v) is 4.10. The van der Waals surface area contributed by atoms with Crippen LogP contribution in [0.15, 0.2) is 41.8 Å². The van der Waals surface area contributed by atoms with Crippen molar-refractivity contribution in [2.75, 3.05) is 13.1 Å². The molecule has 1 saturated heterocycles. The predicted octanol–water partition coefficient (Wildman–Crippen LogP) is 2.97. The summed E-state index contributed by atoms with van der Waals surface area (Å²) >= 11 is 1.56. The first kappa shape index (κ1) is 15.4. The summed E-state index contributed by atoms with van der Waals surface area (Å²) in [5, 5.41) is 13.0. The van der Waals surface area contributed by atoms with E-state index in [2.05, 4.69) is 29.2 Å². The van der Waals surface area contributed by atoms with Gasteiger partial charge < -0.3 is 9.90 Å².